The molecule has 0 bridgehead atoms. The van der Waals surface area contributed by atoms with E-state index in [0.29, 0.717) is 5.92 Å². The maximum absolute atomic E-state index is 10.1. The van der Waals surface area contributed by atoms with Crippen LogP contribution in [0.4, 0.5) is 0 Å². The lowest BCUT2D eigenvalue weighted by Gasteiger charge is -2.20. The van der Waals surface area contributed by atoms with Crippen molar-refractivity contribution >= 4 is 6.29 Å². The minimum atomic E-state index is 0.652. The topological polar surface area (TPSA) is 17.1 Å². The molecule has 1 rings (SSSR count). The molecule has 0 aromatic heterocycles. The van der Waals surface area contributed by atoms with Gasteiger partial charge in [-0.3, -0.25) is 4.79 Å². The third-order valence-electron chi connectivity index (χ3n) is 2.27. The van der Waals surface area contributed by atoms with Crippen LogP contribution in [0.2, 0.25) is 0 Å². The standard InChI is InChI=1S/C9H14O/c1-8-4-2-3-5-9(8)6-7-10/h6-8H,2-5H2,1H3. The summed E-state index contributed by atoms with van der Waals surface area (Å²) in [5, 5.41) is 0. The van der Waals surface area contributed by atoms with E-state index in [-0.39, 0.29) is 0 Å². The van der Waals surface area contributed by atoms with Gasteiger partial charge in [0.2, 0.25) is 0 Å². The van der Waals surface area contributed by atoms with Gasteiger partial charge in [0.05, 0.1) is 0 Å². The molecule has 1 heteroatoms. The van der Waals surface area contributed by atoms with Crippen molar-refractivity contribution < 1.29 is 4.79 Å². The van der Waals surface area contributed by atoms with Gasteiger partial charge in [-0.1, -0.05) is 18.9 Å². The minimum Gasteiger partial charge on any atom is -0.299 e. The molecule has 10 heavy (non-hydrogen) atoms. The molecule has 0 amide bonds. The van der Waals surface area contributed by atoms with Crippen molar-refractivity contribution in [2.45, 2.75) is 32.6 Å². The Hall–Kier alpha value is -0.590. The third kappa shape index (κ3) is 1.69. The van der Waals surface area contributed by atoms with Gasteiger partial charge in [-0.25, -0.2) is 0 Å². The van der Waals surface area contributed by atoms with E-state index < -0.39 is 0 Å². The number of hydrogen-bond donors (Lipinski definition) is 0. The quantitative estimate of drug-likeness (QED) is 0.401. The van der Waals surface area contributed by atoms with E-state index in [1.165, 1.54) is 24.8 Å². The third-order valence-corrected chi connectivity index (χ3v) is 2.27. The fourth-order valence-electron chi connectivity index (χ4n) is 1.55. The van der Waals surface area contributed by atoms with E-state index in [0.717, 1.165) is 12.7 Å². The lowest BCUT2D eigenvalue weighted by molar-refractivity contribution is -0.104. The van der Waals surface area contributed by atoms with Crippen LogP contribution in [0, 0.1) is 5.92 Å². The molecule has 0 aliphatic heterocycles. The highest BCUT2D eigenvalue weighted by Crippen LogP contribution is 2.27. The van der Waals surface area contributed by atoms with Gasteiger partial charge in [-0.05, 0) is 31.3 Å². The van der Waals surface area contributed by atoms with Crippen molar-refractivity contribution in [3.05, 3.63) is 11.6 Å². The molecule has 56 valence electrons. The van der Waals surface area contributed by atoms with Crippen LogP contribution in [-0.2, 0) is 4.79 Å². The largest absolute Gasteiger partial charge is 0.299 e. The summed E-state index contributed by atoms with van der Waals surface area (Å²) in [7, 11) is 0. The highest BCUT2D eigenvalue weighted by molar-refractivity contribution is 5.66. The average molecular weight is 138 g/mol. The maximum atomic E-state index is 10.1. The van der Waals surface area contributed by atoms with E-state index in [1.807, 2.05) is 0 Å². The summed E-state index contributed by atoms with van der Waals surface area (Å²) >= 11 is 0. The van der Waals surface area contributed by atoms with Crippen LogP contribution in [0.3, 0.4) is 0 Å². The second-order valence-electron chi connectivity index (χ2n) is 3.02. The molecule has 1 nitrogen and oxygen atoms in total. The molecular weight excluding hydrogens is 124 g/mol. The Morgan fingerprint density at radius 3 is 2.90 bits per heavy atom. The molecule has 0 saturated heterocycles. The first kappa shape index (κ1) is 7.52. The Kier molecular flexibility index (Phi) is 2.67. The van der Waals surface area contributed by atoms with Crippen molar-refractivity contribution in [3.8, 4) is 0 Å². The molecule has 0 aromatic carbocycles. The fourth-order valence-corrected chi connectivity index (χ4v) is 1.55. The van der Waals surface area contributed by atoms with Crippen molar-refractivity contribution in [2.75, 3.05) is 0 Å². The molecule has 0 heterocycles. The number of rotatable bonds is 1. The second kappa shape index (κ2) is 3.55. The van der Waals surface area contributed by atoms with Crippen molar-refractivity contribution in [1.82, 2.24) is 0 Å². The first-order chi connectivity index (χ1) is 4.84. The first-order valence-electron chi connectivity index (χ1n) is 3.99. The highest BCUT2D eigenvalue weighted by Gasteiger charge is 2.12. The van der Waals surface area contributed by atoms with Crippen molar-refractivity contribution in [2.24, 2.45) is 5.92 Å². The summed E-state index contributed by atoms with van der Waals surface area (Å²) in [6.45, 7) is 2.20. The predicted octanol–water partition coefficient (Wildman–Crippen LogP) is 2.32. The Bertz CT molecular complexity index is 147. The summed E-state index contributed by atoms with van der Waals surface area (Å²) in [5.41, 5.74) is 1.35. The lowest BCUT2D eigenvalue weighted by Crippen LogP contribution is -2.05. The van der Waals surface area contributed by atoms with Gasteiger partial charge in [0, 0.05) is 0 Å². The number of aldehydes is 1. The zero-order chi connectivity index (χ0) is 7.40. The van der Waals surface area contributed by atoms with Crippen molar-refractivity contribution in [3.63, 3.8) is 0 Å². The first-order valence-corrected chi connectivity index (χ1v) is 3.99. The number of hydrogen-bond acceptors (Lipinski definition) is 1. The number of carbonyl (C=O) groups is 1. The van der Waals surface area contributed by atoms with Crippen LogP contribution in [0.5, 0.6) is 0 Å². The zero-order valence-corrected chi connectivity index (χ0v) is 6.47. The molecule has 1 unspecified atom stereocenters. The predicted molar refractivity (Wildman–Crippen MR) is 41.8 cm³/mol. The van der Waals surface area contributed by atoms with Gasteiger partial charge in [0.1, 0.15) is 6.29 Å². The van der Waals surface area contributed by atoms with Crippen LogP contribution in [0.25, 0.3) is 0 Å². The zero-order valence-electron chi connectivity index (χ0n) is 6.47. The molecule has 1 atom stereocenters. The highest BCUT2D eigenvalue weighted by atomic mass is 16.1. The molecule has 1 fully saturated rings. The number of carbonyl (C=O) groups excluding carboxylic acids is 1. The molecule has 0 aromatic rings. The van der Waals surface area contributed by atoms with E-state index in [2.05, 4.69) is 6.92 Å². The van der Waals surface area contributed by atoms with Gasteiger partial charge in [-0.2, -0.15) is 0 Å². The molecule has 0 N–H and O–H groups in total. The van der Waals surface area contributed by atoms with E-state index in [9.17, 15) is 4.79 Å². The van der Waals surface area contributed by atoms with Crippen LogP contribution in [0.15, 0.2) is 11.6 Å². The van der Waals surface area contributed by atoms with Gasteiger partial charge in [-0.15, -0.1) is 0 Å². The molecule has 1 aliphatic carbocycles. The van der Waals surface area contributed by atoms with Gasteiger partial charge >= 0.3 is 0 Å². The summed E-state index contributed by atoms with van der Waals surface area (Å²) in [6.07, 6.45) is 7.65. The van der Waals surface area contributed by atoms with E-state index in [4.69, 9.17) is 0 Å². The Morgan fingerprint density at radius 1 is 1.50 bits per heavy atom. The molecule has 1 saturated carbocycles. The summed E-state index contributed by atoms with van der Waals surface area (Å²) < 4.78 is 0. The van der Waals surface area contributed by atoms with Crippen LogP contribution < -0.4 is 0 Å². The summed E-state index contributed by atoms with van der Waals surface area (Å²) in [4.78, 5) is 10.1. The Labute approximate surface area is 62.1 Å². The SMILES string of the molecule is CC1CCCCC1=CC=O. The number of allylic oxidation sites excluding steroid dienone is 2. The minimum absolute atomic E-state index is 0.652. The van der Waals surface area contributed by atoms with Crippen molar-refractivity contribution in [1.29, 1.82) is 0 Å². The summed E-state index contributed by atoms with van der Waals surface area (Å²) in [6, 6.07) is 0. The van der Waals surface area contributed by atoms with E-state index >= 15 is 0 Å². The molecule has 1 aliphatic rings. The van der Waals surface area contributed by atoms with Crippen LogP contribution in [-0.4, -0.2) is 6.29 Å². The maximum Gasteiger partial charge on any atom is 0.142 e. The van der Waals surface area contributed by atoms with Gasteiger partial charge in [0.15, 0.2) is 0 Å². The Balaban J connectivity index is 2.55. The fraction of sp³-hybridized carbons (Fsp3) is 0.667. The van der Waals surface area contributed by atoms with Gasteiger partial charge in [0.25, 0.3) is 0 Å². The average Bonchev–Trinajstić information content (AvgIpc) is 1.94. The smallest absolute Gasteiger partial charge is 0.142 e. The molecule has 0 radical (unpaired) electrons. The summed E-state index contributed by atoms with van der Waals surface area (Å²) in [5.74, 6) is 0.652. The van der Waals surface area contributed by atoms with Gasteiger partial charge < -0.3 is 0 Å². The monoisotopic (exact) mass is 138 g/mol. The van der Waals surface area contributed by atoms with Crippen LogP contribution in [0.1, 0.15) is 32.6 Å². The second-order valence-corrected chi connectivity index (χ2v) is 3.02. The molecule has 0 spiro atoms. The molecular formula is C9H14O. The Morgan fingerprint density at radius 2 is 2.30 bits per heavy atom. The van der Waals surface area contributed by atoms with Crippen LogP contribution >= 0.6 is 0 Å². The normalized spacial score (nSPS) is 30.5. The van der Waals surface area contributed by atoms with E-state index in [1.54, 1.807) is 6.08 Å². The lowest BCUT2D eigenvalue weighted by atomic mass is 9.85.